The average molecular weight is 433 g/mol. The number of ether oxygens (including phenoxy) is 2. The number of carbonyl (C=O) groups excluding carboxylic acids is 1. The first-order valence-corrected chi connectivity index (χ1v) is 11.3. The van der Waals surface area contributed by atoms with Crippen LogP contribution in [-0.4, -0.2) is 45.9 Å². The number of rotatable bonds is 6. The summed E-state index contributed by atoms with van der Waals surface area (Å²) in [5.41, 5.74) is 2.74. The van der Waals surface area contributed by atoms with Gasteiger partial charge < -0.3 is 14.8 Å². The molecule has 2 aromatic rings. The van der Waals surface area contributed by atoms with Crippen LogP contribution in [0.2, 0.25) is 0 Å². The predicted molar refractivity (Wildman–Crippen MR) is 116 cm³/mol. The number of nitrogens with zero attached hydrogens (tertiary/aromatic N) is 1. The van der Waals surface area contributed by atoms with Crippen molar-refractivity contribution in [3.05, 3.63) is 47.5 Å². The Morgan fingerprint density at radius 2 is 1.80 bits per heavy atom. The van der Waals surface area contributed by atoms with Gasteiger partial charge >= 0.3 is 0 Å². The van der Waals surface area contributed by atoms with Crippen molar-refractivity contribution in [1.82, 2.24) is 4.31 Å². The highest BCUT2D eigenvalue weighted by Gasteiger charge is 2.35. The molecule has 0 spiro atoms. The summed E-state index contributed by atoms with van der Waals surface area (Å²) >= 11 is 0. The van der Waals surface area contributed by atoms with Gasteiger partial charge in [-0.05, 0) is 49.9 Å². The molecule has 0 aromatic heterocycles. The van der Waals surface area contributed by atoms with Crippen molar-refractivity contribution in [2.45, 2.75) is 31.6 Å². The van der Waals surface area contributed by atoms with Gasteiger partial charge in [0.05, 0.1) is 20.1 Å². The van der Waals surface area contributed by atoms with Gasteiger partial charge in [0.1, 0.15) is 16.4 Å². The van der Waals surface area contributed by atoms with Gasteiger partial charge in [-0.15, -0.1) is 0 Å². The van der Waals surface area contributed by atoms with E-state index in [2.05, 4.69) is 5.32 Å². The molecular formula is C22H28N2O5S. The second kappa shape index (κ2) is 9.06. The summed E-state index contributed by atoms with van der Waals surface area (Å²) in [5, 5.41) is 3.00. The quantitative estimate of drug-likeness (QED) is 0.757. The zero-order chi connectivity index (χ0) is 21.9. The van der Waals surface area contributed by atoms with Gasteiger partial charge in [-0.2, -0.15) is 4.31 Å². The van der Waals surface area contributed by atoms with Crippen molar-refractivity contribution in [3.63, 3.8) is 0 Å². The molecule has 1 fully saturated rings. The maximum Gasteiger partial charge on any atom is 0.246 e. The lowest BCUT2D eigenvalue weighted by Crippen LogP contribution is -2.43. The third kappa shape index (κ3) is 4.44. The summed E-state index contributed by atoms with van der Waals surface area (Å²) in [4.78, 5) is 13.0. The Balaban J connectivity index is 1.83. The van der Waals surface area contributed by atoms with Gasteiger partial charge in [-0.3, -0.25) is 4.79 Å². The van der Waals surface area contributed by atoms with E-state index in [4.69, 9.17) is 9.47 Å². The first-order chi connectivity index (χ1) is 14.3. The number of methoxy groups -OCH3 is 2. The molecule has 1 saturated heterocycles. The van der Waals surface area contributed by atoms with E-state index in [9.17, 15) is 13.2 Å². The van der Waals surface area contributed by atoms with E-state index in [0.717, 1.165) is 16.8 Å². The standard InChI is InChI=1S/C22H28N2O5S/c1-15-7-5-8-16(2)21(15)23-22(25)17-9-6-12-24(14-17)30(26,27)20-13-18(28-3)10-11-19(20)29-4/h5,7-8,10-11,13,17H,6,9,12,14H2,1-4H3,(H,23,25). The Kier molecular flexibility index (Phi) is 6.67. The summed E-state index contributed by atoms with van der Waals surface area (Å²) in [6, 6.07) is 10.5. The minimum absolute atomic E-state index is 0.0418. The third-order valence-electron chi connectivity index (χ3n) is 5.47. The van der Waals surface area contributed by atoms with E-state index in [-0.39, 0.29) is 23.1 Å². The fourth-order valence-corrected chi connectivity index (χ4v) is 5.43. The van der Waals surface area contributed by atoms with Crippen molar-refractivity contribution < 1.29 is 22.7 Å². The number of piperidine rings is 1. The van der Waals surface area contributed by atoms with E-state index >= 15 is 0 Å². The number of para-hydroxylation sites is 1. The first kappa shape index (κ1) is 22.1. The maximum atomic E-state index is 13.3. The number of hydrogen-bond donors (Lipinski definition) is 1. The molecule has 0 radical (unpaired) electrons. The topological polar surface area (TPSA) is 84.9 Å². The molecule has 7 nitrogen and oxygen atoms in total. The van der Waals surface area contributed by atoms with E-state index in [1.807, 2.05) is 32.0 Å². The minimum atomic E-state index is -3.84. The van der Waals surface area contributed by atoms with Gasteiger partial charge in [0.2, 0.25) is 15.9 Å². The first-order valence-electron chi connectivity index (χ1n) is 9.87. The highest BCUT2D eigenvalue weighted by atomic mass is 32.2. The lowest BCUT2D eigenvalue weighted by Gasteiger charge is -2.31. The number of nitrogens with one attached hydrogen (secondary N) is 1. The summed E-state index contributed by atoms with van der Waals surface area (Å²) in [7, 11) is -0.937. The van der Waals surface area contributed by atoms with Crippen LogP contribution in [0.1, 0.15) is 24.0 Å². The molecule has 0 bridgehead atoms. The van der Waals surface area contributed by atoms with E-state index in [0.29, 0.717) is 25.1 Å². The number of hydrogen-bond acceptors (Lipinski definition) is 5. The fraction of sp³-hybridized carbons (Fsp3) is 0.409. The molecule has 0 aliphatic carbocycles. The maximum absolute atomic E-state index is 13.3. The molecule has 1 amide bonds. The van der Waals surface area contributed by atoms with Crippen LogP contribution < -0.4 is 14.8 Å². The summed E-state index contributed by atoms with van der Waals surface area (Å²) < 4.78 is 38.5. The lowest BCUT2D eigenvalue weighted by molar-refractivity contribution is -0.120. The molecule has 3 rings (SSSR count). The molecule has 2 aromatic carbocycles. The SMILES string of the molecule is COc1ccc(OC)c(S(=O)(=O)N2CCCC(C(=O)Nc3c(C)cccc3C)C2)c1. The minimum Gasteiger partial charge on any atom is -0.497 e. The number of carbonyl (C=O) groups is 1. The molecule has 1 N–H and O–H groups in total. The van der Waals surface area contributed by atoms with Crippen LogP contribution in [0.4, 0.5) is 5.69 Å². The van der Waals surface area contributed by atoms with Gasteiger partial charge in [0, 0.05) is 24.8 Å². The Labute approximate surface area is 178 Å². The summed E-state index contributed by atoms with van der Waals surface area (Å²) in [5.74, 6) is 0.0858. The van der Waals surface area contributed by atoms with Crippen LogP contribution in [0.5, 0.6) is 11.5 Å². The number of aryl methyl sites for hydroxylation is 2. The molecule has 1 aliphatic heterocycles. The average Bonchev–Trinajstić information content (AvgIpc) is 2.75. The Hall–Kier alpha value is -2.58. The van der Waals surface area contributed by atoms with Crippen LogP contribution >= 0.6 is 0 Å². The van der Waals surface area contributed by atoms with E-state index < -0.39 is 15.9 Å². The van der Waals surface area contributed by atoms with Crippen molar-refractivity contribution in [2.75, 3.05) is 32.6 Å². The highest BCUT2D eigenvalue weighted by molar-refractivity contribution is 7.89. The van der Waals surface area contributed by atoms with Crippen molar-refractivity contribution in [1.29, 1.82) is 0 Å². The predicted octanol–water partition coefficient (Wildman–Crippen LogP) is 3.36. The van der Waals surface area contributed by atoms with Crippen LogP contribution in [0.3, 0.4) is 0 Å². The largest absolute Gasteiger partial charge is 0.497 e. The van der Waals surface area contributed by atoms with Gasteiger partial charge in [-0.1, -0.05) is 18.2 Å². The van der Waals surface area contributed by atoms with Crippen LogP contribution in [0.25, 0.3) is 0 Å². The smallest absolute Gasteiger partial charge is 0.246 e. The molecule has 1 heterocycles. The highest BCUT2D eigenvalue weighted by Crippen LogP contribution is 2.33. The molecule has 0 saturated carbocycles. The van der Waals surface area contributed by atoms with Crippen molar-refractivity contribution in [3.8, 4) is 11.5 Å². The molecule has 1 aliphatic rings. The Morgan fingerprint density at radius 1 is 1.10 bits per heavy atom. The van der Waals surface area contributed by atoms with Gasteiger partial charge in [0.15, 0.2) is 0 Å². The normalized spacial score (nSPS) is 17.4. The molecule has 30 heavy (non-hydrogen) atoms. The number of anilines is 1. The van der Waals surface area contributed by atoms with Gasteiger partial charge in [-0.25, -0.2) is 8.42 Å². The zero-order valence-electron chi connectivity index (χ0n) is 17.8. The second-order valence-corrected chi connectivity index (χ2v) is 9.38. The molecule has 1 unspecified atom stereocenters. The zero-order valence-corrected chi connectivity index (χ0v) is 18.6. The number of benzene rings is 2. The van der Waals surface area contributed by atoms with Crippen LogP contribution in [-0.2, 0) is 14.8 Å². The lowest BCUT2D eigenvalue weighted by atomic mass is 9.98. The van der Waals surface area contributed by atoms with Crippen LogP contribution in [0.15, 0.2) is 41.3 Å². The molecule has 8 heteroatoms. The monoisotopic (exact) mass is 432 g/mol. The molecular weight excluding hydrogens is 404 g/mol. The number of amides is 1. The number of sulfonamides is 1. The Bertz CT molecular complexity index is 1020. The summed E-state index contributed by atoms with van der Waals surface area (Å²) in [6.45, 7) is 4.36. The van der Waals surface area contributed by atoms with E-state index in [1.165, 1.54) is 24.6 Å². The molecule has 162 valence electrons. The molecule has 1 atom stereocenters. The van der Waals surface area contributed by atoms with Gasteiger partial charge in [0.25, 0.3) is 0 Å². The summed E-state index contributed by atoms with van der Waals surface area (Å²) in [6.07, 6.45) is 1.24. The third-order valence-corrected chi connectivity index (χ3v) is 7.36. The van der Waals surface area contributed by atoms with E-state index in [1.54, 1.807) is 12.1 Å². The second-order valence-electron chi connectivity index (χ2n) is 7.48. The Morgan fingerprint density at radius 3 is 2.43 bits per heavy atom. The fourth-order valence-electron chi connectivity index (χ4n) is 3.74. The van der Waals surface area contributed by atoms with Crippen molar-refractivity contribution in [2.24, 2.45) is 5.92 Å². The van der Waals surface area contributed by atoms with Crippen molar-refractivity contribution >= 4 is 21.6 Å². The van der Waals surface area contributed by atoms with Crippen LogP contribution in [0, 0.1) is 19.8 Å².